The fourth-order valence-electron chi connectivity index (χ4n) is 7.82. The van der Waals surface area contributed by atoms with Gasteiger partial charge >= 0.3 is 0 Å². The average molecular weight is 780 g/mol. The van der Waals surface area contributed by atoms with Crippen LogP contribution in [0.2, 0.25) is 0 Å². The maximum absolute atomic E-state index is 12.5. The van der Waals surface area contributed by atoms with Gasteiger partial charge in [-0.25, -0.2) is 0 Å². The summed E-state index contributed by atoms with van der Waals surface area (Å²) in [5.74, 6) is -0.590. The number of hydrogen-bond acceptors (Lipinski definition) is 5. The number of amides is 1. The van der Waals surface area contributed by atoms with E-state index >= 15 is 0 Å². The Balaban J connectivity index is 3.67. The van der Waals surface area contributed by atoms with Crippen molar-refractivity contribution >= 4 is 5.91 Å². The summed E-state index contributed by atoms with van der Waals surface area (Å²) < 4.78 is 0. The molecule has 0 saturated carbocycles. The number of nitrogens with one attached hydrogen (secondary N) is 1. The molecule has 0 saturated heterocycles. The van der Waals surface area contributed by atoms with Crippen LogP contribution in [-0.4, -0.2) is 57.3 Å². The van der Waals surface area contributed by atoms with E-state index in [4.69, 9.17) is 0 Å². The van der Waals surface area contributed by atoms with Crippen molar-refractivity contribution in [3.05, 3.63) is 12.2 Å². The first-order valence-corrected chi connectivity index (χ1v) is 24.6. The molecule has 0 aromatic carbocycles. The molecule has 0 aromatic heterocycles. The Labute approximate surface area is 342 Å². The Morgan fingerprint density at radius 2 is 0.745 bits per heavy atom. The summed E-state index contributed by atoms with van der Waals surface area (Å²) in [7, 11) is 0. The minimum Gasteiger partial charge on any atom is -0.394 e. The third kappa shape index (κ3) is 38.3. The summed E-state index contributed by atoms with van der Waals surface area (Å²) in [4.78, 5) is 12.5. The number of aliphatic hydroxyl groups is 4. The predicted octanol–water partition coefficient (Wildman–Crippen LogP) is 13.4. The summed E-state index contributed by atoms with van der Waals surface area (Å²) in [6.45, 7) is 4.06. The first-order chi connectivity index (χ1) is 27.0. The molecule has 0 heterocycles. The van der Waals surface area contributed by atoms with Crippen LogP contribution in [0.5, 0.6) is 0 Å². The Morgan fingerprint density at radius 3 is 1.09 bits per heavy atom. The van der Waals surface area contributed by atoms with Gasteiger partial charge in [0.05, 0.1) is 18.8 Å². The lowest BCUT2D eigenvalue weighted by Crippen LogP contribution is -2.53. The van der Waals surface area contributed by atoms with Crippen molar-refractivity contribution in [2.24, 2.45) is 0 Å². The van der Waals surface area contributed by atoms with Gasteiger partial charge in [-0.15, -0.1) is 0 Å². The van der Waals surface area contributed by atoms with Crippen LogP contribution in [-0.2, 0) is 4.79 Å². The van der Waals surface area contributed by atoms with Crippen LogP contribution in [0.1, 0.15) is 264 Å². The molecule has 6 nitrogen and oxygen atoms in total. The quantitative estimate of drug-likeness (QED) is 0.0312. The highest BCUT2D eigenvalue weighted by molar-refractivity contribution is 5.80. The van der Waals surface area contributed by atoms with Gasteiger partial charge in [-0.1, -0.05) is 238 Å². The monoisotopic (exact) mass is 780 g/mol. The third-order valence-electron chi connectivity index (χ3n) is 11.7. The van der Waals surface area contributed by atoms with E-state index in [1.165, 1.54) is 199 Å². The van der Waals surface area contributed by atoms with Gasteiger partial charge in [0.2, 0.25) is 5.91 Å². The van der Waals surface area contributed by atoms with E-state index in [2.05, 4.69) is 31.3 Å². The van der Waals surface area contributed by atoms with E-state index in [0.717, 1.165) is 38.5 Å². The number of unbranched alkanes of at least 4 members (excludes halogenated alkanes) is 34. The van der Waals surface area contributed by atoms with E-state index < -0.39 is 36.9 Å². The molecule has 0 rings (SSSR count). The zero-order valence-corrected chi connectivity index (χ0v) is 36.9. The summed E-state index contributed by atoms with van der Waals surface area (Å²) in [6.07, 6.45) is 49.8. The smallest absolute Gasteiger partial charge is 0.249 e. The molecule has 0 aromatic rings. The van der Waals surface area contributed by atoms with Crippen LogP contribution in [0.4, 0.5) is 0 Å². The number of carbonyl (C=O) groups is 1. The number of aliphatic hydroxyl groups excluding tert-OH is 4. The minimum absolute atomic E-state index is 0.368. The largest absolute Gasteiger partial charge is 0.394 e. The van der Waals surface area contributed by atoms with Crippen LogP contribution < -0.4 is 5.32 Å². The highest BCUT2D eigenvalue weighted by atomic mass is 16.3. The molecule has 0 fully saturated rings. The predicted molar refractivity (Wildman–Crippen MR) is 238 cm³/mol. The van der Waals surface area contributed by atoms with E-state index in [1.54, 1.807) is 0 Å². The lowest BCUT2D eigenvalue weighted by atomic mass is 10.00. The molecule has 55 heavy (non-hydrogen) atoms. The molecule has 0 bridgehead atoms. The Bertz CT molecular complexity index is 791. The van der Waals surface area contributed by atoms with Gasteiger partial charge in [0.15, 0.2) is 0 Å². The normalized spacial score (nSPS) is 14.1. The molecule has 1 amide bonds. The van der Waals surface area contributed by atoms with Crippen molar-refractivity contribution in [2.45, 2.75) is 289 Å². The van der Waals surface area contributed by atoms with Crippen LogP contribution in [0.25, 0.3) is 0 Å². The van der Waals surface area contributed by atoms with Crippen molar-refractivity contribution in [1.82, 2.24) is 5.32 Å². The molecule has 4 unspecified atom stereocenters. The average Bonchev–Trinajstić information content (AvgIpc) is 3.19. The van der Waals surface area contributed by atoms with Crippen LogP contribution in [0, 0.1) is 0 Å². The van der Waals surface area contributed by atoms with Crippen molar-refractivity contribution < 1.29 is 25.2 Å². The van der Waals surface area contributed by atoms with E-state index in [-0.39, 0.29) is 0 Å². The van der Waals surface area contributed by atoms with Gasteiger partial charge in [0.25, 0.3) is 0 Å². The first kappa shape index (κ1) is 54.0. The molecule has 0 spiro atoms. The highest BCUT2D eigenvalue weighted by Gasteiger charge is 2.28. The molecule has 0 aliphatic rings. The van der Waals surface area contributed by atoms with Crippen molar-refractivity contribution in [2.75, 3.05) is 6.61 Å². The second-order valence-electron chi connectivity index (χ2n) is 17.2. The van der Waals surface area contributed by atoms with E-state index in [0.29, 0.717) is 12.8 Å². The van der Waals surface area contributed by atoms with Gasteiger partial charge in [0, 0.05) is 0 Å². The van der Waals surface area contributed by atoms with Crippen LogP contribution in [0.3, 0.4) is 0 Å². The molecule has 5 N–H and O–H groups in total. The first-order valence-electron chi connectivity index (χ1n) is 24.6. The lowest BCUT2D eigenvalue weighted by Gasteiger charge is -2.27. The third-order valence-corrected chi connectivity index (χ3v) is 11.7. The molecule has 4 atom stereocenters. The molecule has 0 aliphatic carbocycles. The second kappa shape index (κ2) is 44.2. The van der Waals surface area contributed by atoms with Crippen molar-refractivity contribution in [1.29, 1.82) is 0 Å². The van der Waals surface area contributed by atoms with E-state index in [9.17, 15) is 25.2 Å². The zero-order valence-electron chi connectivity index (χ0n) is 36.9. The standard InChI is InChI=1S/C49H97NO5/c1-3-5-7-9-11-13-15-17-19-20-21-22-23-24-25-26-27-28-29-31-32-34-36-38-40-42-46(52)48(54)45(44-51)50-49(55)47(53)43-41-39-37-35-33-30-18-16-14-12-10-8-6-4-2/h34,36,45-48,51-54H,3-33,35,37-44H2,1-2H3,(H,50,55)/b36-34+. The van der Waals surface area contributed by atoms with E-state index in [1.807, 2.05) is 0 Å². The maximum Gasteiger partial charge on any atom is 0.249 e. The van der Waals surface area contributed by atoms with Crippen LogP contribution >= 0.6 is 0 Å². The minimum atomic E-state index is -1.28. The molecule has 0 aliphatic heterocycles. The topological polar surface area (TPSA) is 110 Å². The number of hydrogen-bond donors (Lipinski definition) is 5. The Morgan fingerprint density at radius 1 is 0.436 bits per heavy atom. The number of allylic oxidation sites excluding steroid dienone is 2. The lowest BCUT2D eigenvalue weighted by molar-refractivity contribution is -0.132. The van der Waals surface area contributed by atoms with Gasteiger partial charge in [0.1, 0.15) is 12.2 Å². The Kier molecular flexibility index (Phi) is 43.4. The fraction of sp³-hybridized carbons (Fsp3) is 0.939. The Hall–Kier alpha value is -0.950. The maximum atomic E-state index is 12.5. The number of carbonyl (C=O) groups excluding carboxylic acids is 1. The van der Waals surface area contributed by atoms with Crippen molar-refractivity contribution in [3.8, 4) is 0 Å². The van der Waals surface area contributed by atoms with Crippen LogP contribution in [0.15, 0.2) is 12.2 Å². The highest BCUT2D eigenvalue weighted by Crippen LogP contribution is 2.17. The molecule has 0 radical (unpaired) electrons. The second-order valence-corrected chi connectivity index (χ2v) is 17.2. The fourth-order valence-corrected chi connectivity index (χ4v) is 7.82. The SMILES string of the molecule is CCCCCCCCCCCCCCCCCCCCCC/C=C/CCCC(O)C(O)C(CO)NC(=O)C(O)CCCCCCCCCCCCCCCC. The summed E-state index contributed by atoms with van der Waals surface area (Å²) in [5, 5.41) is 43.7. The van der Waals surface area contributed by atoms with Gasteiger partial charge < -0.3 is 25.7 Å². The zero-order chi connectivity index (χ0) is 40.3. The van der Waals surface area contributed by atoms with Gasteiger partial charge in [-0.05, 0) is 38.5 Å². The molecular weight excluding hydrogens is 683 g/mol. The molecule has 6 heteroatoms. The summed E-state index contributed by atoms with van der Waals surface area (Å²) >= 11 is 0. The molecular formula is C49H97NO5. The van der Waals surface area contributed by atoms with Crippen molar-refractivity contribution in [3.63, 3.8) is 0 Å². The van der Waals surface area contributed by atoms with Gasteiger partial charge in [-0.2, -0.15) is 0 Å². The summed E-state index contributed by atoms with van der Waals surface area (Å²) in [6, 6.07) is -0.997. The van der Waals surface area contributed by atoms with Gasteiger partial charge in [-0.3, -0.25) is 4.79 Å². The number of rotatable bonds is 45. The summed E-state index contributed by atoms with van der Waals surface area (Å²) in [5.41, 5.74) is 0. The molecule has 328 valence electrons.